The van der Waals surface area contributed by atoms with Crippen LogP contribution in [0.15, 0.2) is 46.9 Å². The van der Waals surface area contributed by atoms with Crippen molar-refractivity contribution in [3.05, 3.63) is 63.3 Å². The summed E-state index contributed by atoms with van der Waals surface area (Å²) in [4.78, 5) is 0. The first-order valence-electron chi connectivity index (χ1n) is 6.00. The topological polar surface area (TPSA) is 12.0 Å². The third-order valence-electron chi connectivity index (χ3n) is 2.79. The van der Waals surface area contributed by atoms with Crippen LogP contribution in [0.3, 0.4) is 0 Å². The van der Waals surface area contributed by atoms with E-state index in [0.29, 0.717) is 5.02 Å². The molecule has 0 aliphatic heterocycles. The Morgan fingerprint density at radius 3 is 2.53 bits per heavy atom. The summed E-state index contributed by atoms with van der Waals surface area (Å²) in [6.07, 6.45) is 0.829. The highest BCUT2D eigenvalue weighted by molar-refractivity contribution is 9.10. The Morgan fingerprint density at radius 2 is 1.89 bits per heavy atom. The van der Waals surface area contributed by atoms with Gasteiger partial charge in [-0.15, -0.1) is 0 Å². The normalized spacial score (nSPS) is 12.2. The monoisotopic (exact) mass is 341 g/mol. The number of rotatable bonds is 4. The molecule has 0 fully saturated rings. The first kappa shape index (κ1) is 14.4. The van der Waals surface area contributed by atoms with Crippen LogP contribution in [0.2, 0.25) is 5.02 Å². The molecule has 0 aromatic heterocycles. The minimum absolute atomic E-state index is 0.204. The molecular formula is C15H14BrClFN. The molecular weight excluding hydrogens is 329 g/mol. The summed E-state index contributed by atoms with van der Waals surface area (Å²) < 4.78 is 13.8. The van der Waals surface area contributed by atoms with E-state index in [1.807, 2.05) is 30.3 Å². The summed E-state index contributed by atoms with van der Waals surface area (Å²) in [5, 5.41) is 4.10. The molecule has 0 bridgehead atoms. The SMILES string of the molecule is CC(Cc1ccc(F)cc1)Nc1ccc(Cl)cc1Br. The van der Waals surface area contributed by atoms with E-state index in [1.54, 1.807) is 0 Å². The number of benzene rings is 2. The number of hydrogen-bond donors (Lipinski definition) is 1. The van der Waals surface area contributed by atoms with E-state index >= 15 is 0 Å². The average molecular weight is 343 g/mol. The zero-order valence-electron chi connectivity index (χ0n) is 10.5. The average Bonchev–Trinajstić information content (AvgIpc) is 2.36. The predicted octanol–water partition coefficient (Wildman–Crippen LogP) is 5.28. The summed E-state index contributed by atoms with van der Waals surface area (Å²) >= 11 is 9.38. The fourth-order valence-corrected chi connectivity index (χ4v) is 2.69. The van der Waals surface area contributed by atoms with Gasteiger partial charge in [-0.05, 0) is 65.2 Å². The lowest BCUT2D eigenvalue weighted by Gasteiger charge is -2.16. The summed E-state index contributed by atoms with van der Waals surface area (Å²) in [5.74, 6) is -0.204. The minimum Gasteiger partial charge on any atom is -0.381 e. The van der Waals surface area contributed by atoms with E-state index in [-0.39, 0.29) is 11.9 Å². The summed E-state index contributed by atoms with van der Waals surface area (Å²) in [6, 6.07) is 12.5. The van der Waals surface area contributed by atoms with Gasteiger partial charge in [-0.3, -0.25) is 0 Å². The molecule has 0 saturated carbocycles. The van der Waals surface area contributed by atoms with Crippen molar-refractivity contribution < 1.29 is 4.39 Å². The number of nitrogens with one attached hydrogen (secondary N) is 1. The van der Waals surface area contributed by atoms with E-state index in [2.05, 4.69) is 28.2 Å². The quantitative estimate of drug-likeness (QED) is 0.796. The van der Waals surface area contributed by atoms with Crippen LogP contribution in [-0.4, -0.2) is 6.04 Å². The van der Waals surface area contributed by atoms with Crippen molar-refractivity contribution in [1.82, 2.24) is 0 Å². The highest BCUT2D eigenvalue weighted by Gasteiger charge is 2.06. The van der Waals surface area contributed by atoms with Crippen LogP contribution >= 0.6 is 27.5 Å². The Labute approximate surface area is 125 Å². The van der Waals surface area contributed by atoms with Crippen LogP contribution < -0.4 is 5.32 Å². The van der Waals surface area contributed by atoms with Crippen molar-refractivity contribution in [2.45, 2.75) is 19.4 Å². The third-order valence-corrected chi connectivity index (χ3v) is 3.68. The van der Waals surface area contributed by atoms with Gasteiger partial charge in [0.2, 0.25) is 0 Å². The second-order valence-corrected chi connectivity index (χ2v) is 5.79. The smallest absolute Gasteiger partial charge is 0.123 e. The van der Waals surface area contributed by atoms with Gasteiger partial charge in [-0.2, -0.15) is 0 Å². The molecule has 1 unspecified atom stereocenters. The first-order valence-corrected chi connectivity index (χ1v) is 7.18. The standard InChI is InChI=1S/C15H14BrClFN/c1-10(8-11-2-5-13(18)6-3-11)19-15-7-4-12(17)9-14(15)16/h2-7,9-10,19H,8H2,1H3. The molecule has 0 heterocycles. The van der Waals surface area contributed by atoms with Gasteiger partial charge in [0.05, 0.1) is 0 Å². The molecule has 2 aromatic carbocycles. The molecule has 0 amide bonds. The lowest BCUT2D eigenvalue weighted by atomic mass is 10.1. The van der Waals surface area contributed by atoms with Crippen LogP contribution in [0.25, 0.3) is 0 Å². The molecule has 4 heteroatoms. The minimum atomic E-state index is -0.204. The molecule has 1 atom stereocenters. The summed E-state index contributed by atoms with van der Waals surface area (Å²) in [6.45, 7) is 2.09. The molecule has 0 spiro atoms. The van der Waals surface area contributed by atoms with E-state index in [0.717, 1.165) is 22.1 Å². The van der Waals surface area contributed by atoms with Crippen molar-refractivity contribution in [1.29, 1.82) is 0 Å². The van der Waals surface area contributed by atoms with Gasteiger partial charge in [0, 0.05) is 21.2 Å². The summed E-state index contributed by atoms with van der Waals surface area (Å²) in [5.41, 5.74) is 2.10. The lowest BCUT2D eigenvalue weighted by Crippen LogP contribution is -2.18. The van der Waals surface area contributed by atoms with Crippen LogP contribution in [-0.2, 0) is 6.42 Å². The molecule has 19 heavy (non-hydrogen) atoms. The number of halogens is 3. The Balaban J connectivity index is 2.01. The van der Waals surface area contributed by atoms with Gasteiger partial charge < -0.3 is 5.32 Å². The van der Waals surface area contributed by atoms with Gasteiger partial charge in [0.25, 0.3) is 0 Å². The Kier molecular flexibility index (Phi) is 4.83. The molecule has 1 nitrogen and oxygen atoms in total. The van der Waals surface area contributed by atoms with Crippen molar-refractivity contribution >= 4 is 33.2 Å². The number of hydrogen-bond acceptors (Lipinski definition) is 1. The molecule has 0 aliphatic carbocycles. The summed E-state index contributed by atoms with van der Waals surface area (Å²) in [7, 11) is 0. The zero-order chi connectivity index (χ0) is 13.8. The maximum absolute atomic E-state index is 12.8. The molecule has 0 saturated heterocycles. The van der Waals surface area contributed by atoms with Gasteiger partial charge in [0.1, 0.15) is 5.82 Å². The third kappa shape index (κ3) is 4.22. The van der Waals surface area contributed by atoms with E-state index < -0.39 is 0 Å². The van der Waals surface area contributed by atoms with E-state index in [4.69, 9.17) is 11.6 Å². The zero-order valence-corrected chi connectivity index (χ0v) is 12.8. The van der Waals surface area contributed by atoms with Crippen molar-refractivity contribution in [2.75, 3.05) is 5.32 Å². The van der Waals surface area contributed by atoms with Crippen molar-refractivity contribution in [2.24, 2.45) is 0 Å². The second kappa shape index (κ2) is 6.40. The molecule has 2 aromatic rings. The van der Waals surface area contributed by atoms with Gasteiger partial charge in [-0.25, -0.2) is 4.39 Å². The Morgan fingerprint density at radius 1 is 1.21 bits per heavy atom. The lowest BCUT2D eigenvalue weighted by molar-refractivity contribution is 0.626. The maximum Gasteiger partial charge on any atom is 0.123 e. The molecule has 100 valence electrons. The van der Waals surface area contributed by atoms with Crippen molar-refractivity contribution in [3.8, 4) is 0 Å². The molecule has 0 aliphatic rings. The Bertz CT molecular complexity index is 557. The van der Waals surface area contributed by atoms with Gasteiger partial charge in [-0.1, -0.05) is 23.7 Å². The van der Waals surface area contributed by atoms with E-state index in [9.17, 15) is 4.39 Å². The fraction of sp³-hybridized carbons (Fsp3) is 0.200. The molecule has 2 rings (SSSR count). The van der Waals surface area contributed by atoms with Crippen LogP contribution in [0, 0.1) is 5.82 Å². The van der Waals surface area contributed by atoms with Crippen molar-refractivity contribution in [3.63, 3.8) is 0 Å². The molecule has 1 N–H and O–H groups in total. The van der Waals surface area contributed by atoms with E-state index in [1.165, 1.54) is 12.1 Å². The highest BCUT2D eigenvalue weighted by Crippen LogP contribution is 2.26. The number of anilines is 1. The maximum atomic E-state index is 12.8. The predicted molar refractivity (Wildman–Crippen MR) is 82.3 cm³/mol. The Hall–Kier alpha value is -1.06. The highest BCUT2D eigenvalue weighted by atomic mass is 79.9. The molecule has 0 radical (unpaired) electrons. The second-order valence-electron chi connectivity index (χ2n) is 4.50. The van der Waals surface area contributed by atoms with Crippen LogP contribution in [0.4, 0.5) is 10.1 Å². The van der Waals surface area contributed by atoms with Gasteiger partial charge >= 0.3 is 0 Å². The first-order chi connectivity index (χ1) is 9.04. The largest absolute Gasteiger partial charge is 0.381 e. The van der Waals surface area contributed by atoms with Gasteiger partial charge in [0.15, 0.2) is 0 Å². The van der Waals surface area contributed by atoms with Crippen LogP contribution in [0.5, 0.6) is 0 Å². The van der Waals surface area contributed by atoms with Crippen LogP contribution in [0.1, 0.15) is 12.5 Å². The fourth-order valence-electron chi connectivity index (χ4n) is 1.90.